The van der Waals surface area contributed by atoms with Crippen molar-refractivity contribution in [3.8, 4) is 5.75 Å². The van der Waals surface area contributed by atoms with Crippen LogP contribution < -0.4 is 20.7 Å². The quantitative estimate of drug-likeness (QED) is 0.0706. The number of carbonyl (C=O) groups excluding carboxylic acids is 5. The third-order valence-corrected chi connectivity index (χ3v) is 6.85. The van der Waals surface area contributed by atoms with E-state index in [0.717, 1.165) is 11.8 Å². The van der Waals surface area contributed by atoms with Gasteiger partial charge in [0.2, 0.25) is 0 Å². The van der Waals surface area contributed by atoms with Crippen molar-refractivity contribution in [2.45, 2.75) is 117 Å². The van der Waals surface area contributed by atoms with Gasteiger partial charge in [0.1, 0.15) is 42.2 Å². The first-order chi connectivity index (χ1) is 23.9. The molecule has 2 atom stereocenters. The molecule has 3 amide bonds. The Hall–Kier alpha value is -5.07. The summed E-state index contributed by atoms with van der Waals surface area (Å²) >= 11 is 0. The Balaban J connectivity index is 2.06. The number of urea groups is 1. The van der Waals surface area contributed by atoms with Crippen LogP contribution in [0.15, 0.2) is 61.4 Å². The fraction of sp³-hybridized carbons (Fsp3) is 0.500. The van der Waals surface area contributed by atoms with E-state index in [4.69, 9.17) is 18.9 Å². The zero-order valence-corrected chi connectivity index (χ0v) is 30.8. The zero-order valence-electron chi connectivity index (χ0n) is 30.8. The van der Waals surface area contributed by atoms with Gasteiger partial charge in [-0.25, -0.2) is 19.2 Å². The number of ether oxygens (including phenoxy) is 5. The van der Waals surface area contributed by atoms with Crippen molar-refractivity contribution < 1.29 is 47.7 Å². The molecule has 2 aromatic carbocycles. The lowest BCUT2D eigenvalue weighted by Gasteiger charge is -2.26. The number of rotatable bonds is 18. The minimum Gasteiger partial charge on any atom is -0.489 e. The molecule has 2 aromatic rings. The van der Waals surface area contributed by atoms with Crippen LogP contribution in [-0.2, 0) is 46.5 Å². The van der Waals surface area contributed by atoms with E-state index in [-0.39, 0.29) is 32.4 Å². The monoisotopic (exact) mass is 711 g/mol. The van der Waals surface area contributed by atoms with Gasteiger partial charge in [0, 0.05) is 13.0 Å². The number of unbranched alkanes of at least 4 members (excludes halogenated alkanes) is 1. The van der Waals surface area contributed by atoms with E-state index in [1.807, 2.05) is 31.2 Å². The number of amides is 3. The number of hydrogen-bond acceptors (Lipinski definition) is 10. The minimum absolute atomic E-state index is 0.0672. The SMILES string of the molecule is C=COC(=O)NCCCCC(NC(=O)NC(CCC(=O)OC(C)(C)C)C(=O)OC(C)(C)C)C(=O)OCc1ccc(OCc2ccc(C)cc2)cc1. The van der Waals surface area contributed by atoms with Crippen molar-refractivity contribution >= 4 is 30.0 Å². The van der Waals surface area contributed by atoms with E-state index < -0.39 is 53.3 Å². The Morgan fingerprint density at radius 1 is 0.745 bits per heavy atom. The summed E-state index contributed by atoms with van der Waals surface area (Å²) in [5.41, 5.74) is 1.32. The number of benzene rings is 2. The third-order valence-electron chi connectivity index (χ3n) is 6.85. The van der Waals surface area contributed by atoms with Gasteiger partial charge in [-0.3, -0.25) is 4.79 Å². The minimum atomic E-state index is -1.21. The molecule has 0 saturated heterocycles. The van der Waals surface area contributed by atoms with Gasteiger partial charge in [-0.2, -0.15) is 0 Å². The molecule has 0 aromatic heterocycles. The molecule has 0 heterocycles. The first-order valence-corrected chi connectivity index (χ1v) is 16.9. The van der Waals surface area contributed by atoms with Crippen LogP contribution in [0, 0.1) is 6.92 Å². The van der Waals surface area contributed by atoms with Crippen LogP contribution >= 0.6 is 0 Å². The molecular formula is C38H53N3O10. The van der Waals surface area contributed by atoms with Crippen molar-refractivity contribution in [1.29, 1.82) is 0 Å². The highest BCUT2D eigenvalue weighted by molar-refractivity contribution is 5.87. The van der Waals surface area contributed by atoms with Crippen LogP contribution in [0.25, 0.3) is 0 Å². The molecule has 51 heavy (non-hydrogen) atoms. The maximum atomic E-state index is 13.3. The maximum absolute atomic E-state index is 13.3. The Bertz CT molecular complexity index is 1440. The largest absolute Gasteiger partial charge is 0.489 e. The first kappa shape index (κ1) is 42.1. The predicted octanol–water partition coefficient (Wildman–Crippen LogP) is 6.16. The van der Waals surface area contributed by atoms with Gasteiger partial charge < -0.3 is 39.6 Å². The molecule has 3 N–H and O–H groups in total. The van der Waals surface area contributed by atoms with E-state index in [0.29, 0.717) is 30.8 Å². The van der Waals surface area contributed by atoms with Gasteiger partial charge in [0.15, 0.2) is 0 Å². The second kappa shape index (κ2) is 20.6. The second-order valence-electron chi connectivity index (χ2n) is 13.9. The zero-order chi connectivity index (χ0) is 38.0. The molecule has 0 aliphatic carbocycles. The Morgan fingerprint density at radius 3 is 1.90 bits per heavy atom. The van der Waals surface area contributed by atoms with Crippen molar-refractivity contribution in [3.63, 3.8) is 0 Å². The van der Waals surface area contributed by atoms with Crippen LogP contribution in [-0.4, -0.2) is 59.9 Å². The number of hydrogen-bond donors (Lipinski definition) is 3. The van der Waals surface area contributed by atoms with E-state index in [9.17, 15) is 24.0 Å². The average Bonchev–Trinajstić information content (AvgIpc) is 3.03. The van der Waals surface area contributed by atoms with Gasteiger partial charge in [-0.15, -0.1) is 0 Å². The number of nitrogens with one attached hydrogen (secondary N) is 3. The number of alkyl carbamates (subject to hydrolysis) is 1. The normalized spacial score (nSPS) is 12.4. The summed E-state index contributed by atoms with van der Waals surface area (Å²) in [6.07, 6.45) is 1.12. The molecule has 13 heteroatoms. The summed E-state index contributed by atoms with van der Waals surface area (Å²) in [6.45, 7) is 16.2. The molecular weight excluding hydrogens is 658 g/mol. The van der Waals surface area contributed by atoms with Crippen LogP contribution in [0.3, 0.4) is 0 Å². The standard InChI is InChI=1S/C38H53N3O10/c1-9-47-36(46)39-23-11-10-12-30(33(43)49-25-28-17-19-29(20-18-28)48-24-27-15-13-26(2)14-16-27)40-35(45)41-31(34(44)51-38(6,7)8)21-22-32(42)50-37(3,4)5/h9,13-20,30-31H,1,10-12,21-25H2,2-8H3,(H,39,46)(H2,40,41,45). The molecule has 0 radical (unpaired) electrons. The molecule has 2 unspecified atom stereocenters. The van der Waals surface area contributed by atoms with E-state index in [1.54, 1.807) is 65.8 Å². The molecule has 0 bridgehead atoms. The number of carbonyl (C=O) groups is 5. The van der Waals surface area contributed by atoms with Gasteiger partial charge in [-0.05, 0) is 97.4 Å². The molecule has 2 rings (SSSR count). The summed E-state index contributed by atoms with van der Waals surface area (Å²) in [7, 11) is 0. The first-order valence-electron chi connectivity index (χ1n) is 16.9. The Kier molecular flexibility index (Phi) is 17.0. The lowest BCUT2D eigenvalue weighted by molar-refractivity contribution is -0.158. The average molecular weight is 712 g/mol. The van der Waals surface area contributed by atoms with E-state index in [2.05, 4.69) is 27.3 Å². The van der Waals surface area contributed by atoms with Gasteiger partial charge >= 0.3 is 30.0 Å². The van der Waals surface area contributed by atoms with Crippen LogP contribution in [0.2, 0.25) is 0 Å². The Morgan fingerprint density at radius 2 is 1.31 bits per heavy atom. The Labute approximate surface area is 300 Å². The summed E-state index contributed by atoms with van der Waals surface area (Å²) in [4.78, 5) is 63.4. The van der Waals surface area contributed by atoms with Gasteiger partial charge in [-0.1, -0.05) is 48.5 Å². The van der Waals surface area contributed by atoms with E-state index in [1.165, 1.54) is 5.56 Å². The summed E-state index contributed by atoms with van der Waals surface area (Å²) in [6, 6.07) is 12.0. The fourth-order valence-corrected chi connectivity index (χ4v) is 4.45. The van der Waals surface area contributed by atoms with Crippen LogP contribution in [0.5, 0.6) is 5.75 Å². The van der Waals surface area contributed by atoms with E-state index >= 15 is 0 Å². The lowest BCUT2D eigenvalue weighted by Crippen LogP contribution is -2.52. The van der Waals surface area contributed by atoms with Gasteiger partial charge in [0.25, 0.3) is 0 Å². The number of esters is 3. The van der Waals surface area contributed by atoms with Crippen molar-refractivity contribution in [2.75, 3.05) is 6.54 Å². The molecule has 0 fully saturated rings. The van der Waals surface area contributed by atoms with Crippen molar-refractivity contribution in [1.82, 2.24) is 16.0 Å². The smallest absolute Gasteiger partial charge is 0.411 e. The highest BCUT2D eigenvalue weighted by Crippen LogP contribution is 2.17. The predicted molar refractivity (Wildman–Crippen MR) is 190 cm³/mol. The van der Waals surface area contributed by atoms with Crippen LogP contribution in [0.4, 0.5) is 9.59 Å². The maximum Gasteiger partial charge on any atom is 0.411 e. The summed E-state index contributed by atoms with van der Waals surface area (Å²) < 4.78 is 26.9. The molecule has 0 aliphatic heterocycles. The summed E-state index contributed by atoms with van der Waals surface area (Å²) in [5, 5.41) is 7.69. The fourth-order valence-electron chi connectivity index (χ4n) is 4.45. The third kappa shape index (κ3) is 18.5. The summed E-state index contributed by atoms with van der Waals surface area (Å²) in [5.74, 6) is -1.34. The van der Waals surface area contributed by atoms with Crippen molar-refractivity contribution in [2.24, 2.45) is 0 Å². The second-order valence-corrected chi connectivity index (χ2v) is 13.9. The highest BCUT2D eigenvalue weighted by Gasteiger charge is 2.30. The molecule has 0 saturated carbocycles. The number of aryl methyl sites for hydroxylation is 1. The molecule has 13 nitrogen and oxygen atoms in total. The molecule has 0 spiro atoms. The van der Waals surface area contributed by atoms with Crippen LogP contribution in [0.1, 0.15) is 90.3 Å². The topological polar surface area (TPSA) is 168 Å². The molecule has 0 aliphatic rings. The van der Waals surface area contributed by atoms with Gasteiger partial charge in [0.05, 0.1) is 6.26 Å². The lowest BCUT2D eigenvalue weighted by atomic mass is 10.1. The highest BCUT2D eigenvalue weighted by atomic mass is 16.6. The molecule has 280 valence electrons. The van der Waals surface area contributed by atoms with Crippen molar-refractivity contribution in [3.05, 3.63) is 78.1 Å².